The molecule has 1 rings (SSSR count). The van der Waals surface area contributed by atoms with E-state index in [1.807, 2.05) is 6.92 Å². The van der Waals surface area contributed by atoms with Crippen LogP contribution in [0.1, 0.15) is 23.7 Å². The van der Waals surface area contributed by atoms with Crippen molar-refractivity contribution in [1.29, 1.82) is 0 Å². The van der Waals surface area contributed by atoms with E-state index < -0.39 is 5.91 Å². The molecule has 0 bridgehead atoms. The Morgan fingerprint density at radius 3 is 2.55 bits per heavy atom. The maximum Gasteiger partial charge on any atom is 0.250 e. The molecule has 0 aliphatic carbocycles. The molecule has 110 valence electrons. The second-order valence-corrected chi connectivity index (χ2v) is 4.77. The first kappa shape index (κ1) is 16.1. The Hall–Kier alpha value is -1.95. The van der Waals surface area contributed by atoms with Crippen molar-refractivity contribution in [2.75, 3.05) is 30.8 Å². The van der Waals surface area contributed by atoms with E-state index >= 15 is 0 Å². The quantitative estimate of drug-likeness (QED) is 0.681. The number of primary amides is 1. The van der Waals surface area contributed by atoms with Crippen LogP contribution in [0.25, 0.3) is 0 Å². The van der Waals surface area contributed by atoms with Crippen LogP contribution < -0.4 is 21.7 Å². The zero-order valence-corrected chi connectivity index (χ0v) is 12.3. The number of hydrogen-bond acceptors (Lipinski definition) is 4. The van der Waals surface area contributed by atoms with Gasteiger partial charge < -0.3 is 21.7 Å². The van der Waals surface area contributed by atoms with Crippen LogP contribution in [0, 0.1) is 0 Å². The molecule has 20 heavy (non-hydrogen) atoms. The van der Waals surface area contributed by atoms with Crippen molar-refractivity contribution in [3.05, 3.63) is 22.7 Å². The van der Waals surface area contributed by atoms with Crippen LogP contribution in [0.4, 0.5) is 11.4 Å². The highest BCUT2D eigenvalue weighted by Crippen LogP contribution is 2.32. The number of amides is 2. The minimum Gasteiger partial charge on any atom is -0.399 e. The van der Waals surface area contributed by atoms with Gasteiger partial charge in [-0.15, -0.1) is 0 Å². The maximum absolute atomic E-state index is 11.6. The van der Waals surface area contributed by atoms with Crippen LogP contribution in [-0.2, 0) is 4.79 Å². The van der Waals surface area contributed by atoms with Crippen LogP contribution in [-0.4, -0.2) is 32.0 Å². The SMILES string of the molecule is CCCN(CC(=O)NC)c1c(Cl)cc(N)cc1C(N)=O. The van der Waals surface area contributed by atoms with Crippen LogP contribution in [0.2, 0.25) is 5.02 Å². The van der Waals surface area contributed by atoms with Gasteiger partial charge >= 0.3 is 0 Å². The average Bonchev–Trinajstić information content (AvgIpc) is 2.37. The Morgan fingerprint density at radius 2 is 2.05 bits per heavy atom. The van der Waals surface area contributed by atoms with Crippen molar-refractivity contribution in [3.8, 4) is 0 Å². The average molecular weight is 299 g/mol. The monoisotopic (exact) mass is 298 g/mol. The minimum absolute atomic E-state index is 0.0915. The number of anilines is 2. The molecular weight excluding hydrogens is 280 g/mol. The molecule has 0 aliphatic heterocycles. The molecule has 2 amide bonds. The summed E-state index contributed by atoms with van der Waals surface area (Å²) in [5.74, 6) is -0.811. The molecule has 0 heterocycles. The zero-order valence-electron chi connectivity index (χ0n) is 11.6. The molecule has 0 fully saturated rings. The molecule has 1 aromatic carbocycles. The van der Waals surface area contributed by atoms with E-state index in [-0.39, 0.29) is 18.0 Å². The number of rotatable bonds is 6. The lowest BCUT2D eigenvalue weighted by atomic mass is 10.1. The fourth-order valence-electron chi connectivity index (χ4n) is 1.92. The summed E-state index contributed by atoms with van der Waals surface area (Å²) in [4.78, 5) is 24.9. The van der Waals surface area contributed by atoms with Crippen molar-refractivity contribution in [2.45, 2.75) is 13.3 Å². The third kappa shape index (κ3) is 3.77. The lowest BCUT2D eigenvalue weighted by Crippen LogP contribution is -2.37. The van der Waals surface area contributed by atoms with Gasteiger partial charge in [0.2, 0.25) is 5.91 Å². The smallest absolute Gasteiger partial charge is 0.250 e. The first-order chi connectivity index (χ1) is 9.40. The highest BCUT2D eigenvalue weighted by atomic mass is 35.5. The molecule has 0 aromatic heterocycles. The predicted molar refractivity (Wildman–Crippen MR) is 81.0 cm³/mol. The normalized spacial score (nSPS) is 10.2. The van der Waals surface area contributed by atoms with Gasteiger partial charge in [-0.25, -0.2) is 0 Å². The Labute approximate surface area is 123 Å². The fraction of sp³-hybridized carbons (Fsp3) is 0.385. The Kier molecular flexibility index (Phi) is 5.64. The van der Waals surface area contributed by atoms with E-state index in [0.717, 1.165) is 6.42 Å². The van der Waals surface area contributed by atoms with Crippen molar-refractivity contribution in [1.82, 2.24) is 5.32 Å². The van der Waals surface area contributed by atoms with Gasteiger partial charge in [-0.2, -0.15) is 0 Å². The number of nitrogens with zero attached hydrogens (tertiary/aromatic N) is 1. The van der Waals surface area contributed by atoms with Crippen molar-refractivity contribution < 1.29 is 9.59 Å². The second kappa shape index (κ2) is 7.00. The summed E-state index contributed by atoms with van der Waals surface area (Å²) in [6.45, 7) is 2.62. The predicted octanol–water partition coefficient (Wildman–Crippen LogP) is 0.983. The standard InChI is InChI=1S/C13H19ClN4O2/c1-3-4-18(7-11(19)17-2)12-9(13(16)20)5-8(15)6-10(12)14/h5-6H,3-4,7,15H2,1-2H3,(H2,16,20)(H,17,19). The lowest BCUT2D eigenvalue weighted by Gasteiger charge is -2.26. The van der Waals surface area contributed by atoms with Crippen molar-refractivity contribution >= 4 is 34.8 Å². The van der Waals surface area contributed by atoms with Gasteiger partial charge in [0.25, 0.3) is 5.91 Å². The number of carbonyl (C=O) groups excluding carboxylic acids is 2. The Balaban J connectivity index is 3.30. The molecule has 1 aromatic rings. The summed E-state index contributed by atoms with van der Waals surface area (Å²) < 4.78 is 0. The fourth-order valence-corrected chi connectivity index (χ4v) is 2.27. The van der Waals surface area contributed by atoms with Gasteiger partial charge in [-0.1, -0.05) is 18.5 Å². The first-order valence-electron chi connectivity index (χ1n) is 6.25. The summed E-state index contributed by atoms with van der Waals surface area (Å²) in [7, 11) is 1.55. The van der Waals surface area contributed by atoms with Crippen LogP contribution in [0.3, 0.4) is 0 Å². The van der Waals surface area contributed by atoms with E-state index in [9.17, 15) is 9.59 Å². The van der Waals surface area contributed by atoms with Gasteiger partial charge in [0, 0.05) is 19.3 Å². The molecule has 0 spiro atoms. The summed E-state index contributed by atoms with van der Waals surface area (Å²) >= 11 is 6.17. The van der Waals surface area contributed by atoms with Crippen LogP contribution in [0.5, 0.6) is 0 Å². The molecule has 5 N–H and O–H groups in total. The number of nitrogens with one attached hydrogen (secondary N) is 1. The van der Waals surface area contributed by atoms with Crippen molar-refractivity contribution in [2.24, 2.45) is 5.73 Å². The third-order valence-electron chi connectivity index (χ3n) is 2.77. The highest BCUT2D eigenvalue weighted by Gasteiger charge is 2.20. The third-order valence-corrected chi connectivity index (χ3v) is 3.06. The van der Waals surface area contributed by atoms with Gasteiger partial charge in [0.1, 0.15) is 0 Å². The topological polar surface area (TPSA) is 101 Å². The van der Waals surface area contributed by atoms with Gasteiger partial charge in [0.15, 0.2) is 0 Å². The number of halogens is 1. The minimum atomic E-state index is -0.632. The maximum atomic E-state index is 11.6. The number of likely N-dealkylation sites (N-methyl/N-ethyl adjacent to an activating group) is 1. The van der Waals surface area contributed by atoms with E-state index in [2.05, 4.69) is 5.32 Å². The van der Waals surface area contributed by atoms with E-state index in [4.69, 9.17) is 23.1 Å². The Morgan fingerprint density at radius 1 is 1.40 bits per heavy atom. The van der Waals surface area contributed by atoms with Gasteiger partial charge in [-0.05, 0) is 18.6 Å². The first-order valence-corrected chi connectivity index (χ1v) is 6.62. The summed E-state index contributed by atoms with van der Waals surface area (Å²) in [6.07, 6.45) is 0.788. The summed E-state index contributed by atoms with van der Waals surface area (Å²) in [5.41, 5.74) is 12.1. The van der Waals surface area contributed by atoms with Gasteiger partial charge in [-0.3, -0.25) is 9.59 Å². The number of benzene rings is 1. The lowest BCUT2D eigenvalue weighted by molar-refractivity contribution is -0.119. The molecule has 6 nitrogen and oxygen atoms in total. The zero-order chi connectivity index (χ0) is 15.3. The summed E-state index contributed by atoms with van der Waals surface area (Å²) in [5, 5.41) is 2.84. The number of nitrogen functional groups attached to an aromatic ring is 1. The highest BCUT2D eigenvalue weighted by molar-refractivity contribution is 6.34. The molecule has 0 radical (unpaired) electrons. The van der Waals surface area contributed by atoms with E-state index in [0.29, 0.717) is 22.9 Å². The molecule has 0 aliphatic rings. The van der Waals surface area contributed by atoms with Crippen LogP contribution in [0.15, 0.2) is 12.1 Å². The molecule has 7 heteroatoms. The van der Waals surface area contributed by atoms with E-state index in [1.165, 1.54) is 12.1 Å². The van der Waals surface area contributed by atoms with Crippen molar-refractivity contribution in [3.63, 3.8) is 0 Å². The molecule has 0 unspecified atom stereocenters. The molecule has 0 saturated heterocycles. The van der Waals surface area contributed by atoms with Crippen LogP contribution >= 0.6 is 11.6 Å². The number of hydrogen-bond donors (Lipinski definition) is 3. The number of carbonyl (C=O) groups is 2. The second-order valence-electron chi connectivity index (χ2n) is 4.36. The molecular formula is C13H19ClN4O2. The molecule has 0 atom stereocenters. The summed E-state index contributed by atoms with van der Waals surface area (Å²) in [6, 6.07) is 3.01. The largest absolute Gasteiger partial charge is 0.399 e. The van der Waals surface area contributed by atoms with E-state index in [1.54, 1.807) is 11.9 Å². The van der Waals surface area contributed by atoms with Gasteiger partial charge in [0.05, 0.1) is 22.8 Å². The molecule has 0 saturated carbocycles. The number of nitrogens with two attached hydrogens (primary N) is 2. The Bertz CT molecular complexity index is 519.